The van der Waals surface area contributed by atoms with Crippen LogP contribution in [0.3, 0.4) is 0 Å². The molecule has 3 rings (SSSR count). The number of hydrogen-bond donors (Lipinski definition) is 2. The van der Waals surface area contributed by atoms with Gasteiger partial charge in [0.1, 0.15) is 11.8 Å². The number of nitrogens with one attached hydrogen (secondary N) is 1. The summed E-state index contributed by atoms with van der Waals surface area (Å²) in [6.07, 6.45) is 2.21. The average molecular weight is 507 g/mol. The van der Waals surface area contributed by atoms with Gasteiger partial charge in [-0.2, -0.15) is 16.9 Å². The van der Waals surface area contributed by atoms with Crippen molar-refractivity contribution in [3.8, 4) is 5.75 Å². The Balaban J connectivity index is 1.72. The van der Waals surface area contributed by atoms with Gasteiger partial charge in [-0.15, -0.1) is 0 Å². The van der Waals surface area contributed by atoms with Crippen LogP contribution in [0.1, 0.15) is 43.5 Å². The van der Waals surface area contributed by atoms with E-state index in [1.54, 1.807) is 43.3 Å². The molecule has 0 aliphatic carbocycles. The van der Waals surface area contributed by atoms with E-state index < -0.39 is 27.9 Å². The Morgan fingerprint density at radius 1 is 1.09 bits per heavy atom. The fraction of sp³-hybridized carbons (Fsp3) is 0.417. The molecule has 1 fully saturated rings. The minimum Gasteiger partial charge on any atom is -0.494 e. The molecule has 0 unspecified atom stereocenters. The van der Waals surface area contributed by atoms with Gasteiger partial charge in [0.2, 0.25) is 15.9 Å². The van der Waals surface area contributed by atoms with Crippen molar-refractivity contribution >= 4 is 40.2 Å². The fourth-order valence-electron chi connectivity index (χ4n) is 3.60. The summed E-state index contributed by atoms with van der Waals surface area (Å²) in [7, 11) is -3.92. The van der Waals surface area contributed by atoms with Crippen LogP contribution >= 0.6 is 12.6 Å². The van der Waals surface area contributed by atoms with E-state index in [0.717, 1.165) is 12.8 Å². The topological polar surface area (TPSA) is 102 Å². The van der Waals surface area contributed by atoms with Crippen LogP contribution in [-0.2, 0) is 19.6 Å². The van der Waals surface area contributed by atoms with E-state index >= 15 is 0 Å². The number of carbonyl (C=O) groups is 2. The second-order valence-electron chi connectivity index (χ2n) is 7.94. The van der Waals surface area contributed by atoms with Crippen molar-refractivity contribution in [1.29, 1.82) is 0 Å². The Labute approximate surface area is 206 Å². The highest BCUT2D eigenvalue weighted by Gasteiger charge is 2.43. The molecule has 0 aromatic heterocycles. The molecule has 2 aromatic rings. The van der Waals surface area contributed by atoms with Gasteiger partial charge in [-0.05, 0) is 68.3 Å². The molecule has 10 heteroatoms. The molecule has 1 amide bonds. The highest BCUT2D eigenvalue weighted by atomic mass is 32.2. The van der Waals surface area contributed by atoms with Gasteiger partial charge in [0.25, 0.3) is 0 Å². The van der Waals surface area contributed by atoms with Gasteiger partial charge in [0.05, 0.1) is 23.7 Å². The van der Waals surface area contributed by atoms with Crippen LogP contribution < -0.4 is 10.1 Å². The van der Waals surface area contributed by atoms with Crippen molar-refractivity contribution in [2.24, 2.45) is 0 Å². The monoisotopic (exact) mass is 506 g/mol. The van der Waals surface area contributed by atoms with Gasteiger partial charge >= 0.3 is 5.97 Å². The summed E-state index contributed by atoms with van der Waals surface area (Å²) in [4.78, 5) is 24.9. The second kappa shape index (κ2) is 11.7. The first kappa shape index (κ1) is 26.1. The van der Waals surface area contributed by atoms with Crippen molar-refractivity contribution in [3.63, 3.8) is 0 Å². The third kappa shape index (κ3) is 6.31. The molecular formula is C24H30N2O6S2. The number of carbonyl (C=O) groups excluding carboxylic acids is 2. The molecule has 1 saturated heterocycles. The number of ether oxygens (including phenoxy) is 2. The number of hydrogen-bond acceptors (Lipinski definition) is 7. The van der Waals surface area contributed by atoms with Crippen molar-refractivity contribution in [3.05, 3.63) is 54.1 Å². The van der Waals surface area contributed by atoms with E-state index in [4.69, 9.17) is 9.47 Å². The molecule has 1 N–H and O–H groups in total. The molecule has 8 nitrogen and oxygen atoms in total. The Kier molecular flexibility index (Phi) is 8.98. The highest BCUT2D eigenvalue weighted by Crippen LogP contribution is 2.30. The zero-order chi connectivity index (χ0) is 24.7. The number of amides is 1. The molecule has 2 aromatic carbocycles. The number of benzene rings is 2. The molecule has 1 aliphatic rings. The number of unbranched alkanes of at least 4 members (excludes halogenated alkanes) is 1. The summed E-state index contributed by atoms with van der Waals surface area (Å²) < 4.78 is 38.4. The van der Waals surface area contributed by atoms with Crippen LogP contribution in [0.25, 0.3) is 0 Å². The smallest absolute Gasteiger partial charge is 0.338 e. The van der Waals surface area contributed by atoms with Crippen LogP contribution in [-0.4, -0.2) is 55.6 Å². The van der Waals surface area contributed by atoms with Gasteiger partial charge in [-0.3, -0.25) is 4.79 Å². The maximum atomic E-state index is 13.3. The average Bonchev–Trinajstić information content (AvgIpc) is 3.23. The zero-order valence-corrected chi connectivity index (χ0v) is 21.0. The molecule has 0 bridgehead atoms. The molecule has 0 spiro atoms. The molecular weight excluding hydrogens is 476 g/mol. The Morgan fingerprint density at radius 2 is 1.76 bits per heavy atom. The molecule has 2 atom stereocenters. The predicted molar refractivity (Wildman–Crippen MR) is 133 cm³/mol. The number of nitrogens with zero attached hydrogens (tertiary/aromatic N) is 1. The number of thiol groups is 1. The fourth-order valence-corrected chi connectivity index (χ4v) is 5.73. The first-order valence-electron chi connectivity index (χ1n) is 11.3. The molecule has 184 valence electrons. The van der Waals surface area contributed by atoms with Crippen molar-refractivity contribution in [1.82, 2.24) is 4.31 Å². The molecule has 1 aliphatic heterocycles. The largest absolute Gasteiger partial charge is 0.494 e. The summed E-state index contributed by atoms with van der Waals surface area (Å²) in [5.41, 5.74) is 0.814. The summed E-state index contributed by atoms with van der Waals surface area (Å²) in [5, 5.41) is 2.47. The zero-order valence-electron chi connectivity index (χ0n) is 19.3. The van der Waals surface area contributed by atoms with E-state index in [0.29, 0.717) is 23.6 Å². The molecule has 0 radical (unpaired) electrons. The van der Waals surface area contributed by atoms with Crippen LogP contribution in [0, 0.1) is 0 Å². The molecule has 1 heterocycles. The molecule has 0 saturated carbocycles. The van der Waals surface area contributed by atoms with E-state index in [9.17, 15) is 18.0 Å². The Bertz CT molecular complexity index is 1090. The molecule has 34 heavy (non-hydrogen) atoms. The second-order valence-corrected chi connectivity index (χ2v) is 10.6. The number of esters is 1. The Hall–Kier alpha value is -2.56. The van der Waals surface area contributed by atoms with Crippen LogP contribution in [0.4, 0.5) is 5.69 Å². The first-order valence-corrected chi connectivity index (χ1v) is 13.2. The van der Waals surface area contributed by atoms with Gasteiger partial charge in [0.15, 0.2) is 0 Å². The lowest BCUT2D eigenvalue weighted by Gasteiger charge is -2.23. The summed E-state index contributed by atoms with van der Waals surface area (Å²) in [6.45, 7) is 4.75. The number of rotatable bonds is 10. The van der Waals surface area contributed by atoms with Gasteiger partial charge in [-0.1, -0.05) is 13.3 Å². The summed E-state index contributed by atoms with van der Waals surface area (Å²) in [5.74, 6) is -0.307. The van der Waals surface area contributed by atoms with Crippen LogP contribution in [0.5, 0.6) is 5.75 Å². The normalized spacial score (nSPS) is 18.4. The lowest BCUT2D eigenvalue weighted by molar-refractivity contribution is -0.119. The van der Waals surface area contributed by atoms with Crippen molar-refractivity contribution in [2.75, 3.05) is 25.1 Å². The van der Waals surface area contributed by atoms with Gasteiger partial charge in [0, 0.05) is 17.5 Å². The van der Waals surface area contributed by atoms with E-state index in [1.807, 2.05) is 0 Å². The minimum absolute atomic E-state index is 0.0920. The maximum absolute atomic E-state index is 13.3. The third-order valence-corrected chi connectivity index (χ3v) is 7.66. The lowest BCUT2D eigenvalue weighted by Crippen LogP contribution is -2.43. The van der Waals surface area contributed by atoms with Gasteiger partial charge < -0.3 is 14.8 Å². The van der Waals surface area contributed by atoms with E-state index in [1.165, 1.54) is 16.4 Å². The van der Waals surface area contributed by atoms with Crippen molar-refractivity contribution in [2.45, 2.75) is 49.3 Å². The van der Waals surface area contributed by atoms with Crippen LogP contribution in [0.2, 0.25) is 0 Å². The van der Waals surface area contributed by atoms with E-state index in [2.05, 4.69) is 24.9 Å². The SMILES string of the molecule is CCCCOc1ccc(S(=O)(=O)N2C[C@@H](S)C[C@H]2C(=O)Nc2ccc(C(=O)OCC)cc2)cc1. The highest BCUT2D eigenvalue weighted by molar-refractivity contribution is 7.89. The Morgan fingerprint density at radius 3 is 2.38 bits per heavy atom. The summed E-state index contributed by atoms with van der Waals surface area (Å²) >= 11 is 4.44. The van der Waals surface area contributed by atoms with E-state index in [-0.39, 0.29) is 29.7 Å². The van der Waals surface area contributed by atoms with Gasteiger partial charge in [-0.25, -0.2) is 13.2 Å². The first-order chi connectivity index (χ1) is 16.3. The number of anilines is 1. The standard InChI is InChI=1S/C24H30N2O6S2/c1-3-5-14-32-19-10-12-21(13-11-19)34(29,30)26-16-20(33)15-22(26)23(27)25-18-8-6-17(7-9-18)24(28)31-4-2/h6-13,20,22,33H,3-5,14-16H2,1-2H3,(H,25,27)/t20-,22-/m0/s1. The minimum atomic E-state index is -3.92. The van der Waals surface area contributed by atoms with Crippen LogP contribution in [0.15, 0.2) is 53.4 Å². The third-order valence-electron chi connectivity index (χ3n) is 5.40. The predicted octanol–water partition coefficient (Wildman–Crippen LogP) is 3.74. The summed E-state index contributed by atoms with van der Waals surface area (Å²) in [6, 6.07) is 11.6. The quantitative estimate of drug-likeness (QED) is 0.289. The maximum Gasteiger partial charge on any atom is 0.338 e. The lowest BCUT2D eigenvalue weighted by atomic mass is 10.2. The number of sulfonamides is 1. The van der Waals surface area contributed by atoms with Crippen molar-refractivity contribution < 1.29 is 27.5 Å².